The summed E-state index contributed by atoms with van der Waals surface area (Å²) < 4.78 is 11.5. The molecule has 1 unspecified atom stereocenters. The summed E-state index contributed by atoms with van der Waals surface area (Å²) in [5.41, 5.74) is 1.11. The highest BCUT2D eigenvalue weighted by atomic mass is 79.9. The number of carbonyl (C=O) groups is 1. The molecule has 4 nitrogen and oxygen atoms in total. The lowest BCUT2D eigenvalue weighted by molar-refractivity contribution is 0.0680. The zero-order valence-corrected chi connectivity index (χ0v) is 10.3. The number of methoxy groups -OCH3 is 1. The van der Waals surface area contributed by atoms with Crippen LogP contribution in [0.15, 0.2) is 16.6 Å². The second-order valence-corrected chi connectivity index (χ2v) is 4.46. The van der Waals surface area contributed by atoms with Gasteiger partial charge in [-0.25, -0.2) is 4.79 Å². The zero-order chi connectivity index (χ0) is 11.7. The number of ether oxygens (including phenoxy) is 2. The molecule has 0 amide bonds. The molecule has 1 aromatic rings. The number of hydrogen-bond acceptors (Lipinski definition) is 3. The van der Waals surface area contributed by atoms with Gasteiger partial charge < -0.3 is 14.6 Å². The van der Waals surface area contributed by atoms with Crippen molar-refractivity contribution < 1.29 is 19.4 Å². The van der Waals surface area contributed by atoms with E-state index in [1.54, 1.807) is 19.2 Å². The first-order chi connectivity index (χ1) is 7.63. The summed E-state index contributed by atoms with van der Waals surface area (Å²) in [5.74, 6) is -0.509. The van der Waals surface area contributed by atoms with Gasteiger partial charge in [-0.2, -0.15) is 0 Å². The molecule has 0 spiro atoms. The molecule has 1 aliphatic rings. The molecule has 2 rings (SSSR count). The maximum atomic E-state index is 11.0. The molecule has 0 saturated carbocycles. The second-order valence-electron chi connectivity index (χ2n) is 3.61. The quantitative estimate of drug-likeness (QED) is 0.925. The lowest BCUT2D eigenvalue weighted by Gasteiger charge is -2.09. The molecule has 1 aliphatic heterocycles. The molecule has 1 heterocycles. The summed E-state index contributed by atoms with van der Waals surface area (Å²) >= 11 is 3.40. The summed E-state index contributed by atoms with van der Waals surface area (Å²) in [6.45, 7) is 0.459. The van der Waals surface area contributed by atoms with Crippen LogP contribution in [0, 0.1) is 0 Å². The Bertz CT molecular complexity index is 430. The monoisotopic (exact) mass is 286 g/mol. The van der Waals surface area contributed by atoms with Crippen molar-refractivity contribution in [3.63, 3.8) is 0 Å². The lowest BCUT2D eigenvalue weighted by atomic mass is 10.1. The third kappa shape index (κ3) is 1.92. The van der Waals surface area contributed by atoms with E-state index in [0.29, 0.717) is 18.8 Å². The van der Waals surface area contributed by atoms with Gasteiger partial charge in [-0.05, 0) is 12.1 Å². The van der Waals surface area contributed by atoms with Crippen molar-refractivity contribution in [3.8, 4) is 5.75 Å². The average Bonchev–Trinajstić information content (AvgIpc) is 2.62. The number of carboxylic acids is 1. The molecule has 0 fully saturated rings. The van der Waals surface area contributed by atoms with E-state index in [1.165, 1.54) is 0 Å². The Morgan fingerprint density at radius 3 is 3.06 bits per heavy atom. The number of aromatic carboxylic acids is 1. The Balaban J connectivity index is 2.38. The largest absolute Gasteiger partial charge is 0.486 e. The van der Waals surface area contributed by atoms with Crippen molar-refractivity contribution in [1.29, 1.82) is 0 Å². The molecule has 0 radical (unpaired) electrons. The fourth-order valence-electron chi connectivity index (χ4n) is 1.81. The Hall–Kier alpha value is -1.07. The number of hydrogen-bond donors (Lipinski definition) is 1. The van der Waals surface area contributed by atoms with Crippen molar-refractivity contribution in [2.24, 2.45) is 0 Å². The predicted octanol–water partition coefficient (Wildman–Crippen LogP) is 2.10. The minimum Gasteiger partial charge on any atom is -0.486 e. The molecule has 0 bridgehead atoms. The molecule has 1 atom stereocenters. The van der Waals surface area contributed by atoms with Crippen LogP contribution in [0.5, 0.6) is 5.75 Å². The van der Waals surface area contributed by atoms with Crippen LogP contribution in [0.25, 0.3) is 0 Å². The van der Waals surface area contributed by atoms with Gasteiger partial charge in [0.05, 0.1) is 6.61 Å². The Kier molecular flexibility index (Phi) is 3.16. The maximum absolute atomic E-state index is 11.0. The molecule has 0 aliphatic carbocycles. The van der Waals surface area contributed by atoms with Crippen molar-refractivity contribution >= 4 is 21.9 Å². The van der Waals surface area contributed by atoms with Crippen molar-refractivity contribution in [3.05, 3.63) is 27.7 Å². The molecule has 1 N–H and O–H groups in total. The number of halogens is 1. The summed E-state index contributed by atoms with van der Waals surface area (Å²) in [5, 5.41) is 9.03. The van der Waals surface area contributed by atoms with Crippen LogP contribution in [0.3, 0.4) is 0 Å². The molecule has 0 saturated heterocycles. The van der Waals surface area contributed by atoms with E-state index in [-0.39, 0.29) is 11.7 Å². The highest BCUT2D eigenvalue weighted by Crippen LogP contribution is 2.37. The van der Waals surface area contributed by atoms with Crippen molar-refractivity contribution in [2.45, 2.75) is 12.5 Å². The van der Waals surface area contributed by atoms with Crippen LogP contribution < -0.4 is 4.74 Å². The Morgan fingerprint density at radius 1 is 1.69 bits per heavy atom. The zero-order valence-electron chi connectivity index (χ0n) is 8.70. The molecule has 5 heteroatoms. The lowest BCUT2D eigenvalue weighted by Crippen LogP contribution is -2.19. The van der Waals surface area contributed by atoms with E-state index >= 15 is 0 Å². The van der Waals surface area contributed by atoms with E-state index in [9.17, 15) is 4.79 Å². The van der Waals surface area contributed by atoms with E-state index in [2.05, 4.69) is 15.9 Å². The van der Waals surface area contributed by atoms with Crippen LogP contribution in [0.4, 0.5) is 0 Å². The van der Waals surface area contributed by atoms with Gasteiger partial charge in [-0.15, -0.1) is 0 Å². The number of benzene rings is 1. The fraction of sp³-hybridized carbons (Fsp3) is 0.364. The molecule has 86 valence electrons. The summed E-state index contributed by atoms with van der Waals surface area (Å²) in [4.78, 5) is 11.0. The predicted molar refractivity (Wildman–Crippen MR) is 61.1 cm³/mol. The van der Waals surface area contributed by atoms with Gasteiger partial charge in [-0.3, -0.25) is 0 Å². The van der Waals surface area contributed by atoms with Crippen LogP contribution >= 0.6 is 15.9 Å². The molecule has 0 aromatic heterocycles. The van der Waals surface area contributed by atoms with Gasteiger partial charge in [0.1, 0.15) is 17.4 Å². The minimum absolute atomic E-state index is 0.100. The van der Waals surface area contributed by atoms with Gasteiger partial charge >= 0.3 is 5.97 Å². The third-order valence-electron chi connectivity index (χ3n) is 2.50. The first kappa shape index (κ1) is 11.4. The topological polar surface area (TPSA) is 55.8 Å². The van der Waals surface area contributed by atoms with E-state index < -0.39 is 5.97 Å². The van der Waals surface area contributed by atoms with Crippen LogP contribution in [0.2, 0.25) is 0 Å². The van der Waals surface area contributed by atoms with Gasteiger partial charge in [0.25, 0.3) is 0 Å². The van der Waals surface area contributed by atoms with Crippen molar-refractivity contribution in [1.82, 2.24) is 0 Å². The van der Waals surface area contributed by atoms with E-state index in [1.807, 2.05) is 0 Å². The van der Waals surface area contributed by atoms with Crippen LogP contribution in [-0.4, -0.2) is 30.9 Å². The minimum atomic E-state index is -0.971. The van der Waals surface area contributed by atoms with E-state index in [0.717, 1.165) is 10.0 Å². The van der Waals surface area contributed by atoms with Crippen LogP contribution in [0.1, 0.15) is 15.9 Å². The first-order valence-corrected chi connectivity index (χ1v) is 5.63. The molecule has 1 aromatic carbocycles. The highest BCUT2D eigenvalue weighted by molar-refractivity contribution is 9.10. The average molecular weight is 287 g/mol. The van der Waals surface area contributed by atoms with Crippen molar-refractivity contribution in [2.75, 3.05) is 13.7 Å². The summed E-state index contributed by atoms with van der Waals surface area (Å²) in [6, 6.07) is 3.28. The standard InChI is InChI=1S/C11H11BrO4/c1-15-5-6-4-8-9(12)3-2-7(11(13)14)10(8)16-6/h2-3,6H,4-5H2,1H3,(H,13,14). The third-order valence-corrected chi connectivity index (χ3v) is 3.25. The summed E-state index contributed by atoms with van der Waals surface area (Å²) in [7, 11) is 1.60. The normalized spacial score (nSPS) is 18.0. The second kappa shape index (κ2) is 4.43. The smallest absolute Gasteiger partial charge is 0.339 e. The molecular formula is C11H11BrO4. The van der Waals surface area contributed by atoms with Crippen LogP contribution in [-0.2, 0) is 11.2 Å². The van der Waals surface area contributed by atoms with Gasteiger partial charge in [0.2, 0.25) is 0 Å². The van der Waals surface area contributed by atoms with E-state index in [4.69, 9.17) is 14.6 Å². The molecular weight excluding hydrogens is 276 g/mol. The Labute approximate surface area is 101 Å². The van der Waals surface area contributed by atoms with Gasteiger partial charge in [0.15, 0.2) is 0 Å². The number of carboxylic acid groups (broad SMARTS) is 1. The maximum Gasteiger partial charge on any atom is 0.339 e. The molecule has 16 heavy (non-hydrogen) atoms. The Morgan fingerprint density at radius 2 is 2.44 bits per heavy atom. The summed E-state index contributed by atoms with van der Waals surface area (Å²) in [6.07, 6.45) is 0.571. The fourth-order valence-corrected chi connectivity index (χ4v) is 2.29. The number of rotatable bonds is 3. The first-order valence-electron chi connectivity index (χ1n) is 4.83. The van der Waals surface area contributed by atoms with Gasteiger partial charge in [-0.1, -0.05) is 15.9 Å². The number of fused-ring (bicyclic) bond motifs is 1. The van der Waals surface area contributed by atoms with Gasteiger partial charge in [0, 0.05) is 23.6 Å². The highest BCUT2D eigenvalue weighted by Gasteiger charge is 2.29. The SMILES string of the molecule is COCC1Cc2c(Br)ccc(C(=O)O)c2O1.